The molecule has 0 bridgehead atoms. The predicted octanol–water partition coefficient (Wildman–Crippen LogP) is 3.15. The molecule has 3 nitrogen and oxygen atoms in total. The lowest BCUT2D eigenvalue weighted by molar-refractivity contribution is 0.0955. The molecule has 0 saturated carbocycles. The van der Waals surface area contributed by atoms with E-state index in [4.69, 9.17) is 0 Å². The Morgan fingerprint density at radius 1 is 1.17 bits per heavy atom. The van der Waals surface area contributed by atoms with E-state index in [1.54, 1.807) is 6.07 Å². The Labute approximate surface area is 140 Å². The number of amides is 1. The molecule has 0 radical (unpaired) electrons. The van der Waals surface area contributed by atoms with E-state index >= 15 is 0 Å². The fraction of sp³-hybridized carbons (Fsp3) is 0.250. The van der Waals surface area contributed by atoms with Crippen LogP contribution in [0.25, 0.3) is 11.1 Å². The molecule has 2 aliphatic rings. The van der Waals surface area contributed by atoms with Gasteiger partial charge < -0.3 is 10.6 Å². The monoisotopic (exact) mass is 322 g/mol. The van der Waals surface area contributed by atoms with Crippen LogP contribution in [-0.2, 0) is 13.0 Å². The van der Waals surface area contributed by atoms with Gasteiger partial charge in [0.15, 0.2) is 0 Å². The van der Waals surface area contributed by atoms with Gasteiger partial charge in [-0.05, 0) is 65.4 Å². The van der Waals surface area contributed by atoms with Crippen LogP contribution in [-0.4, -0.2) is 19.5 Å². The van der Waals surface area contributed by atoms with Crippen LogP contribution in [0.5, 0.6) is 0 Å². The van der Waals surface area contributed by atoms with Gasteiger partial charge in [0, 0.05) is 13.1 Å². The molecule has 0 spiro atoms. The van der Waals surface area contributed by atoms with Crippen LogP contribution in [0.15, 0.2) is 36.4 Å². The Balaban J connectivity index is 1.82. The van der Waals surface area contributed by atoms with Crippen molar-refractivity contribution in [3.05, 3.63) is 70.0 Å². The van der Waals surface area contributed by atoms with E-state index in [2.05, 4.69) is 34.9 Å². The Kier molecular flexibility index (Phi) is 3.69. The molecule has 1 heterocycles. The maximum atomic E-state index is 13.9. The summed E-state index contributed by atoms with van der Waals surface area (Å²) in [6.07, 6.45) is 1.47. The quantitative estimate of drug-likeness (QED) is 0.911. The maximum Gasteiger partial charge on any atom is 0.252 e. The van der Waals surface area contributed by atoms with Gasteiger partial charge in [-0.25, -0.2) is 4.39 Å². The molecule has 0 unspecified atom stereocenters. The van der Waals surface area contributed by atoms with Crippen LogP contribution < -0.4 is 10.6 Å². The normalized spacial score (nSPS) is 16.0. The lowest BCUT2D eigenvalue weighted by atomic mass is 9.96. The van der Waals surface area contributed by atoms with Crippen LogP contribution in [0.4, 0.5) is 4.39 Å². The molecule has 0 saturated heterocycles. The second-order valence-electron chi connectivity index (χ2n) is 6.35. The Morgan fingerprint density at radius 3 is 2.71 bits per heavy atom. The number of nitrogens with one attached hydrogen (secondary N) is 2. The van der Waals surface area contributed by atoms with Crippen molar-refractivity contribution in [1.82, 2.24) is 10.6 Å². The third kappa shape index (κ3) is 2.43. The maximum absolute atomic E-state index is 13.9. The van der Waals surface area contributed by atoms with Crippen molar-refractivity contribution in [2.45, 2.75) is 19.4 Å². The van der Waals surface area contributed by atoms with Crippen LogP contribution in [0.2, 0.25) is 0 Å². The molecule has 0 aromatic heterocycles. The first-order chi connectivity index (χ1) is 11.7. The summed E-state index contributed by atoms with van der Waals surface area (Å²) in [4.78, 5) is 12.2. The van der Waals surface area contributed by atoms with Gasteiger partial charge in [0.1, 0.15) is 5.82 Å². The molecule has 2 N–H and O–H groups in total. The number of carbonyl (C=O) groups excluding carboxylic acids is 1. The van der Waals surface area contributed by atoms with Crippen molar-refractivity contribution < 1.29 is 9.18 Å². The molecule has 2 aromatic carbocycles. The van der Waals surface area contributed by atoms with E-state index in [-0.39, 0.29) is 11.7 Å². The zero-order valence-corrected chi connectivity index (χ0v) is 13.6. The molecule has 1 aliphatic carbocycles. The Bertz CT molecular complexity index is 853. The first-order valence-electron chi connectivity index (χ1n) is 8.24. The van der Waals surface area contributed by atoms with E-state index in [1.807, 2.05) is 7.05 Å². The van der Waals surface area contributed by atoms with E-state index < -0.39 is 0 Å². The number of halogens is 1. The Hall–Kier alpha value is -2.46. The van der Waals surface area contributed by atoms with Crippen LogP contribution >= 0.6 is 0 Å². The van der Waals surface area contributed by atoms with Gasteiger partial charge >= 0.3 is 0 Å². The van der Waals surface area contributed by atoms with Gasteiger partial charge in [0.25, 0.3) is 5.91 Å². The lowest BCUT2D eigenvalue weighted by Gasteiger charge is -2.09. The van der Waals surface area contributed by atoms with Crippen molar-refractivity contribution in [3.8, 4) is 0 Å². The number of hydrogen-bond acceptors (Lipinski definition) is 2. The molecule has 1 aliphatic heterocycles. The smallest absolute Gasteiger partial charge is 0.252 e. The van der Waals surface area contributed by atoms with E-state index in [1.165, 1.54) is 22.8 Å². The highest BCUT2D eigenvalue weighted by atomic mass is 19.1. The molecule has 4 rings (SSSR count). The number of rotatable bonds is 3. The summed E-state index contributed by atoms with van der Waals surface area (Å²) >= 11 is 0. The lowest BCUT2D eigenvalue weighted by Crippen LogP contribution is -2.23. The van der Waals surface area contributed by atoms with Crippen LogP contribution in [0.3, 0.4) is 0 Å². The molecule has 0 atom stereocenters. The number of carbonyl (C=O) groups is 1. The first-order valence-corrected chi connectivity index (χ1v) is 8.24. The van der Waals surface area contributed by atoms with Gasteiger partial charge in [0.05, 0.1) is 5.56 Å². The minimum atomic E-state index is -0.342. The van der Waals surface area contributed by atoms with Crippen LogP contribution in [0, 0.1) is 5.82 Å². The molecule has 4 heteroatoms. The van der Waals surface area contributed by atoms with Crippen LogP contribution in [0.1, 0.15) is 39.0 Å². The number of hydrogen-bond donors (Lipinski definition) is 2. The first kappa shape index (κ1) is 15.1. The summed E-state index contributed by atoms with van der Waals surface area (Å²) in [5, 5.41) is 6.01. The van der Waals surface area contributed by atoms with Gasteiger partial charge in [0.2, 0.25) is 0 Å². The van der Waals surface area contributed by atoms with Crippen molar-refractivity contribution >= 4 is 17.1 Å². The molecular weight excluding hydrogens is 303 g/mol. The Morgan fingerprint density at radius 2 is 1.96 bits per heavy atom. The van der Waals surface area contributed by atoms with Crippen molar-refractivity contribution in [2.24, 2.45) is 0 Å². The highest BCUT2D eigenvalue weighted by Gasteiger charge is 2.30. The molecule has 1 amide bonds. The summed E-state index contributed by atoms with van der Waals surface area (Å²) in [5.41, 5.74) is 7.11. The van der Waals surface area contributed by atoms with Gasteiger partial charge in [-0.3, -0.25) is 4.79 Å². The standard InChI is InChI=1S/C20H19FN2O/c1-22-11-12-2-4-13(5-3-12)17-9-14-8-15(21)10-18-19(14)16(17)6-7-23-20(18)24/h2-5,8,10,22H,6-7,9,11H2,1H3,(H,23,24). The molecular formula is C20H19FN2O. The number of allylic oxidation sites excluding steroid dienone is 1. The fourth-order valence-corrected chi connectivity index (χ4v) is 3.76. The third-order valence-corrected chi connectivity index (χ3v) is 4.81. The highest BCUT2D eigenvalue weighted by Crippen LogP contribution is 2.43. The molecule has 24 heavy (non-hydrogen) atoms. The predicted molar refractivity (Wildman–Crippen MR) is 93.1 cm³/mol. The largest absolute Gasteiger partial charge is 0.352 e. The highest BCUT2D eigenvalue weighted by molar-refractivity contribution is 6.07. The minimum Gasteiger partial charge on any atom is -0.352 e. The second-order valence-corrected chi connectivity index (χ2v) is 6.35. The average Bonchev–Trinajstić information content (AvgIpc) is 2.84. The molecule has 122 valence electrons. The number of benzene rings is 2. The van der Waals surface area contributed by atoms with Crippen molar-refractivity contribution in [2.75, 3.05) is 13.6 Å². The van der Waals surface area contributed by atoms with E-state index in [0.29, 0.717) is 18.5 Å². The molecule has 0 fully saturated rings. The topological polar surface area (TPSA) is 41.1 Å². The van der Waals surface area contributed by atoms with Gasteiger partial charge in [-0.2, -0.15) is 0 Å². The third-order valence-electron chi connectivity index (χ3n) is 4.81. The summed E-state index contributed by atoms with van der Waals surface area (Å²) in [5.74, 6) is -0.517. The van der Waals surface area contributed by atoms with Gasteiger partial charge in [-0.15, -0.1) is 0 Å². The van der Waals surface area contributed by atoms with E-state index in [9.17, 15) is 9.18 Å². The second kappa shape index (κ2) is 5.87. The summed E-state index contributed by atoms with van der Waals surface area (Å²) in [6, 6.07) is 11.4. The SMILES string of the molecule is CNCc1ccc(C2=C3CCNC(=O)c4cc(F)cc(c43)C2)cc1. The summed E-state index contributed by atoms with van der Waals surface area (Å²) in [6.45, 7) is 1.42. The summed E-state index contributed by atoms with van der Waals surface area (Å²) in [7, 11) is 1.93. The summed E-state index contributed by atoms with van der Waals surface area (Å²) < 4.78 is 13.9. The zero-order chi connectivity index (χ0) is 16.7. The van der Waals surface area contributed by atoms with Gasteiger partial charge in [-0.1, -0.05) is 24.3 Å². The fourth-order valence-electron chi connectivity index (χ4n) is 3.76. The zero-order valence-electron chi connectivity index (χ0n) is 13.6. The minimum absolute atomic E-state index is 0.175. The van der Waals surface area contributed by atoms with Crippen molar-refractivity contribution in [3.63, 3.8) is 0 Å². The molecule has 2 aromatic rings. The van der Waals surface area contributed by atoms with Crippen molar-refractivity contribution in [1.29, 1.82) is 0 Å². The van der Waals surface area contributed by atoms with E-state index in [0.717, 1.165) is 29.7 Å². The average molecular weight is 322 g/mol.